The Morgan fingerprint density at radius 1 is 1.36 bits per heavy atom. The predicted octanol–water partition coefficient (Wildman–Crippen LogP) is 1.19. The number of hydrogen-bond donors (Lipinski definition) is 1. The van der Waals surface area contributed by atoms with Crippen LogP contribution in [0, 0.1) is 0 Å². The maximum absolute atomic E-state index is 12.5. The third-order valence-electron chi connectivity index (χ3n) is 4.97. The molecule has 0 radical (unpaired) electrons. The van der Waals surface area contributed by atoms with Crippen molar-refractivity contribution >= 4 is 16.1 Å². The molecule has 1 aromatic rings. The minimum Gasteiger partial charge on any atom is -0.496 e. The second-order valence-electron chi connectivity index (χ2n) is 6.63. The van der Waals surface area contributed by atoms with E-state index in [2.05, 4.69) is 5.32 Å². The molecule has 0 saturated carbocycles. The van der Waals surface area contributed by atoms with Crippen LogP contribution in [0.1, 0.15) is 24.0 Å². The van der Waals surface area contributed by atoms with Crippen LogP contribution in [0.5, 0.6) is 5.75 Å². The molecule has 1 fully saturated rings. The van der Waals surface area contributed by atoms with Crippen LogP contribution < -0.4 is 10.1 Å². The van der Waals surface area contributed by atoms with Crippen LogP contribution in [0.2, 0.25) is 0 Å². The molecule has 2 amide bonds. The number of nitrogens with one attached hydrogen (secondary N) is 1. The predicted molar refractivity (Wildman–Crippen MR) is 95.1 cm³/mol. The first kappa shape index (κ1) is 18.0. The van der Waals surface area contributed by atoms with Crippen LogP contribution in [0.15, 0.2) is 18.2 Å². The highest BCUT2D eigenvalue weighted by molar-refractivity contribution is 7.88. The highest BCUT2D eigenvalue weighted by atomic mass is 32.2. The summed E-state index contributed by atoms with van der Waals surface area (Å²) >= 11 is 0. The summed E-state index contributed by atoms with van der Waals surface area (Å²) in [5.74, 6) is 0.868. The molecule has 0 unspecified atom stereocenters. The number of benzene rings is 1. The van der Waals surface area contributed by atoms with Gasteiger partial charge in [-0.05, 0) is 30.9 Å². The van der Waals surface area contributed by atoms with Gasteiger partial charge in [0.2, 0.25) is 10.0 Å². The molecule has 25 heavy (non-hydrogen) atoms. The van der Waals surface area contributed by atoms with E-state index in [4.69, 9.17) is 4.74 Å². The number of carbonyl (C=O) groups excluding carboxylic acids is 1. The molecule has 0 bridgehead atoms. The lowest BCUT2D eigenvalue weighted by Crippen LogP contribution is -2.48. The first-order valence-corrected chi connectivity index (χ1v) is 10.4. The molecule has 2 aliphatic heterocycles. The molecule has 2 heterocycles. The summed E-state index contributed by atoms with van der Waals surface area (Å²) in [5, 5.41) is 2.91. The summed E-state index contributed by atoms with van der Waals surface area (Å²) in [6.07, 6.45) is 3.60. The summed E-state index contributed by atoms with van der Waals surface area (Å²) in [4.78, 5) is 14.3. The largest absolute Gasteiger partial charge is 0.496 e. The third-order valence-corrected chi connectivity index (χ3v) is 6.30. The van der Waals surface area contributed by atoms with Crippen molar-refractivity contribution < 1.29 is 17.9 Å². The van der Waals surface area contributed by atoms with Gasteiger partial charge in [-0.3, -0.25) is 0 Å². The minimum atomic E-state index is -3.22. The zero-order valence-corrected chi connectivity index (χ0v) is 15.5. The molecule has 138 valence electrons. The SMILES string of the molecule is COc1cccc2c1CCN(C(=O)NC[C@H]1CCCN1S(C)(=O)=O)C2. The molecule has 1 N–H and O–H groups in total. The third kappa shape index (κ3) is 3.90. The Hall–Kier alpha value is -1.80. The molecule has 0 aliphatic carbocycles. The van der Waals surface area contributed by atoms with Crippen LogP contribution in [-0.2, 0) is 23.0 Å². The standard InChI is InChI=1S/C17H25N3O4S/c1-24-16-7-3-5-13-12-19(10-8-15(13)16)17(21)18-11-14-6-4-9-20(14)25(2,22)23/h3,5,7,14H,4,6,8-12H2,1-2H3,(H,18,21)/t14-/m1/s1. The lowest BCUT2D eigenvalue weighted by molar-refractivity contribution is 0.189. The van der Waals surface area contributed by atoms with Gasteiger partial charge in [-0.25, -0.2) is 13.2 Å². The average Bonchev–Trinajstić information content (AvgIpc) is 3.07. The first-order valence-electron chi connectivity index (χ1n) is 8.54. The Bertz CT molecular complexity index is 750. The van der Waals surface area contributed by atoms with E-state index in [1.54, 1.807) is 12.0 Å². The van der Waals surface area contributed by atoms with Crippen molar-refractivity contribution in [2.45, 2.75) is 31.8 Å². The van der Waals surface area contributed by atoms with Crippen LogP contribution in [0.4, 0.5) is 4.79 Å². The Labute approximate surface area is 149 Å². The topological polar surface area (TPSA) is 79.0 Å². The number of urea groups is 1. The fourth-order valence-corrected chi connectivity index (χ4v) is 4.89. The highest BCUT2D eigenvalue weighted by Gasteiger charge is 2.32. The van der Waals surface area contributed by atoms with Crippen molar-refractivity contribution in [3.05, 3.63) is 29.3 Å². The molecule has 7 nitrogen and oxygen atoms in total. The number of hydrogen-bond acceptors (Lipinski definition) is 4. The highest BCUT2D eigenvalue weighted by Crippen LogP contribution is 2.27. The van der Waals surface area contributed by atoms with Crippen LogP contribution in [0.3, 0.4) is 0 Å². The second-order valence-corrected chi connectivity index (χ2v) is 8.56. The molecule has 3 rings (SSSR count). The summed E-state index contributed by atoms with van der Waals surface area (Å²) in [5.41, 5.74) is 2.26. The number of sulfonamides is 1. The smallest absolute Gasteiger partial charge is 0.317 e. The average molecular weight is 367 g/mol. The fourth-order valence-electron chi connectivity index (χ4n) is 3.71. The summed E-state index contributed by atoms with van der Waals surface area (Å²) in [6, 6.07) is 5.60. The zero-order chi connectivity index (χ0) is 18.0. The Kier molecular flexibility index (Phi) is 5.19. The molecule has 1 atom stereocenters. The number of amides is 2. The van der Waals surface area contributed by atoms with Crippen LogP contribution >= 0.6 is 0 Å². The van der Waals surface area contributed by atoms with E-state index < -0.39 is 10.0 Å². The number of carbonyl (C=O) groups is 1. The van der Waals surface area contributed by atoms with Gasteiger partial charge >= 0.3 is 6.03 Å². The molecule has 2 aliphatic rings. The van der Waals surface area contributed by atoms with Gasteiger partial charge in [0.1, 0.15) is 5.75 Å². The molecular weight excluding hydrogens is 342 g/mol. The van der Waals surface area contributed by atoms with E-state index in [9.17, 15) is 13.2 Å². The van der Waals surface area contributed by atoms with Crippen molar-refractivity contribution in [2.75, 3.05) is 33.0 Å². The monoisotopic (exact) mass is 367 g/mol. The van der Waals surface area contributed by atoms with E-state index in [0.717, 1.165) is 36.1 Å². The molecule has 1 aromatic carbocycles. The van der Waals surface area contributed by atoms with Crippen LogP contribution in [0.25, 0.3) is 0 Å². The first-order chi connectivity index (χ1) is 11.9. The van der Waals surface area contributed by atoms with Gasteiger partial charge in [-0.1, -0.05) is 12.1 Å². The lowest BCUT2D eigenvalue weighted by atomic mass is 9.99. The van der Waals surface area contributed by atoms with E-state index in [0.29, 0.717) is 26.2 Å². The van der Waals surface area contributed by atoms with Crippen molar-refractivity contribution in [3.63, 3.8) is 0 Å². The molecule has 0 aromatic heterocycles. The van der Waals surface area contributed by atoms with Gasteiger partial charge in [0.05, 0.1) is 13.4 Å². The summed E-state index contributed by atoms with van der Waals surface area (Å²) < 4.78 is 30.4. The van der Waals surface area contributed by atoms with Gasteiger partial charge in [0.25, 0.3) is 0 Å². The quantitative estimate of drug-likeness (QED) is 0.867. The maximum Gasteiger partial charge on any atom is 0.317 e. The van der Waals surface area contributed by atoms with Gasteiger partial charge in [0.15, 0.2) is 0 Å². The molecule has 0 spiro atoms. The van der Waals surface area contributed by atoms with Gasteiger partial charge in [-0.2, -0.15) is 4.31 Å². The summed E-state index contributed by atoms with van der Waals surface area (Å²) in [6.45, 7) is 2.06. The minimum absolute atomic E-state index is 0.142. The van der Waals surface area contributed by atoms with E-state index in [1.165, 1.54) is 10.6 Å². The fraction of sp³-hybridized carbons (Fsp3) is 0.588. The normalized spacial score (nSPS) is 21.0. The van der Waals surface area contributed by atoms with Gasteiger partial charge in [-0.15, -0.1) is 0 Å². The zero-order valence-electron chi connectivity index (χ0n) is 14.7. The number of methoxy groups -OCH3 is 1. The second kappa shape index (κ2) is 7.21. The Morgan fingerprint density at radius 3 is 2.88 bits per heavy atom. The molecule has 1 saturated heterocycles. The number of nitrogens with zero attached hydrogens (tertiary/aromatic N) is 2. The van der Waals surface area contributed by atoms with Crippen molar-refractivity contribution in [3.8, 4) is 5.75 Å². The molecular formula is C17H25N3O4S. The summed E-state index contributed by atoms with van der Waals surface area (Å²) in [7, 11) is -1.56. The van der Waals surface area contributed by atoms with Crippen molar-refractivity contribution in [1.82, 2.24) is 14.5 Å². The number of ether oxygens (including phenoxy) is 1. The van der Waals surface area contributed by atoms with Crippen molar-refractivity contribution in [2.24, 2.45) is 0 Å². The molecule has 8 heteroatoms. The van der Waals surface area contributed by atoms with E-state index in [-0.39, 0.29) is 12.1 Å². The number of rotatable bonds is 4. The number of fused-ring (bicyclic) bond motifs is 1. The van der Waals surface area contributed by atoms with E-state index >= 15 is 0 Å². The lowest BCUT2D eigenvalue weighted by Gasteiger charge is -2.31. The van der Waals surface area contributed by atoms with Gasteiger partial charge < -0.3 is 15.0 Å². The van der Waals surface area contributed by atoms with E-state index in [1.807, 2.05) is 18.2 Å². The van der Waals surface area contributed by atoms with Crippen LogP contribution in [-0.4, -0.2) is 62.7 Å². The maximum atomic E-state index is 12.5. The van der Waals surface area contributed by atoms with Gasteiger partial charge in [0, 0.05) is 37.8 Å². The Morgan fingerprint density at radius 2 is 2.16 bits per heavy atom. The van der Waals surface area contributed by atoms with Crippen molar-refractivity contribution in [1.29, 1.82) is 0 Å². The Balaban J connectivity index is 1.59.